The van der Waals surface area contributed by atoms with Crippen LogP contribution in [-0.2, 0) is 26.2 Å². The quantitative estimate of drug-likeness (QED) is 0.761. The maximum absolute atomic E-state index is 13.2. The van der Waals surface area contributed by atoms with Gasteiger partial charge in [-0.1, -0.05) is 23.7 Å². The van der Waals surface area contributed by atoms with Crippen molar-refractivity contribution >= 4 is 27.6 Å². The second-order valence-corrected chi connectivity index (χ2v) is 8.50. The zero-order valence-electron chi connectivity index (χ0n) is 14.1. The van der Waals surface area contributed by atoms with Crippen molar-refractivity contribution in [2.45, 2.75) is 30.1 Å². The van der Waals surface area contributed by atoms with Gasteiger partial charge in [0.2, 0.25) is 10.0 Å². The van der Waals surface area contributed by atoms with Crippen LogP contribution in [0.2, 0.25) is 5.02 Å². The monoisotopic (exact) mass is 413 g/mol. The summed E-state index contributed by atoms with van der Waals surface area (Å²) in [6.45, 7) is -0.414. The average molecular weight is 414 g/mol. The molecule has 0 aliphatic carbocycles. The number of halogens is 2. The molecule has 1 heterocycles. The number of carbonyl (C=O) groups is 1. The molecule has 1 saturated heterocycles. The Hall–Kier alpha value is -2.00. The third-order valence-electron chi connectivity index (χ3n) is 4.20. The molecular formula is C18H17ClFNO5S. The summed E-state index contributed by atoms with van der Waals surface area (Å²) in [4.78, 5) is 12.4. The first-order valence-electron chi connectivity index (χ1n) is 8.14. The van der Waals surface area contributed by atoms with Gasteiger partial charge in [0.15, 0.2) is 0 Å². The van der Waals surface area contributed by atoms with E-state index in [-0.39, 0.29) is 24.5 Å². The van der Waals surface area contributed by atoms with Crippen molar-refractivity contribution in [3.63, 3.8) is 0 Å². The first-order valence-corrected chi connectivity index (χ1v) is 9.96. The number of hydrogen-bond donors (Lipinski definition) is 1. The molecular weight excluding hydrogens is 397 g/mol. The molecule has 1 aliphatic heterocycles. The molecule has 0 spiro atoms. The minimum Gasteiger partial charge on any atom is -0.460 e. The van der Waals surface area contributed by atoms with Gasteiger partial charge < -0.3 is 9.84 Å². The first-order chi connectivity index (χ1) is 12.8. The lowest BCUT2D eigenvalue weighted by Crippen LogP contribution is -2.41. The van der Waals surface area contributed by atoms with Gasteiger partial charge in [-0.05, 0) is 42.0 Å². The van der Waals surface area contributed by atoms with E-state index < -0.39 is 34.0 Å². The summed E-state index contributed by atoms with van der Waals surface area (Å²) in [6, 6.07) is 9.91. The van der Waals surface area contributed by atoms with Gasteiger partial charge in [-0.15, -0.1) is 0 Å². The smallest absolute Gasteiger partial charge is 0.324 e. The fourth-order valence-corrected chi connectivity index (χ4v) is 4.64. The maximum atomic E-state index is 13.2. The van der Waals surface area contributed by atoms with Crippen molar-refractivity contribution in [2.75, 3.05) is 6.54 Å². The van der Waals surface area contributed by atoms with Crippen molar-refractivity contribution in [2.24, 2.45) is 0 Å². The van der Waals surface area contributed by atoms with Crippen molar-refractivity contribution in [1.82, 2.24) is 4.31 Å². The van der Waals surface area contributed by atoms with Crippen LogP contribution in [0, 0.1) is 5.82 Å². The molecule has 2 aromatic carbocycles. The lowest BCUT2D eigenvalue weighted by atomic mass is 10.2. The van der Waals surface area contributed by atoms with Crippen LogP contribution in [0.25, 0.3) is 0 Å². The van der Waals surface area contributed by atoms with Gasteiger partial charge in [-0.25, -0.2) is 12.8 Å². The van der Waals surface area contributed by atoms with Crippen molar-refractivity contribution in [1.29, 1.82) is 0 Å². The Labute approximate surface area is 161 Å². The molecule has 0 bridgehead atoms. The Morgan fingerprint density at radius 1 is 1.26 bits per heavy atom. The molecule has 0 aromatic heterocycles. The lowest BCUT2D eigenvalue weighted by Gasteiger charge is -2.22. The Morgan fingerprint density at radius 2 is 1.96 bits per heavy atom. The molecule has 0 unspecified atom stereocenters. The molecule has 1 N–H and O–H groups in total. The predicted molar refractivity (Wildman–Crippen MR) is 96.0 cm³/mol. The van der Waals surface area contributed by atoms with E-state index in [2.05, 4.69) is 0 Å². The van der Waals surface area contributed by atoms with Crippen LogP contribution < -0.4 is 0 Å². The summed E-state index contributed by atoms with van der Waals surface area (Å²) < 4.78 is 45.0. The Morgan fingerprint density at radius 3 is 2.63 bits per heavy atom. The molecule has 6 nitrogen and oxygen atoms in total. The van der Waals surface area contributed by atoms with Crippen LogP contribution in [0.1, 0.15) is 12.0 Å². The van der Waals surface area contributed by atoms with Crippen LogP contribution in [0.4, 0.5) is 4.39 Å². The minimum atomic E-state index is -4.02. The molecule has 144 valence electrons. The Bertz CT molecular complexity index is 935. The van der Waals surface area contributed by atoms with E-state index in [1.54, 1.807) is 6.07 Å². The zero-order chi connectivity index (χ0) is 19.6. The summed E-state index contributed by atoms with van der Waals surface area (Å²) in [5, 5.41) is 10.3. The van der Waals surface area contributed by atoms with Crippen LogP contribution in [-0.4, -0.2) is 42.5 Å². The Kier molecular flexibility index (Phi) is 5.81. The number of rotatable bonds is 5. The van der Waals surface area contributed by atoms with E-state index in [0.29, 0.717) is 10.6 Å². The number of nitrogens with zero attached hydrogens (tertiary/aromatic N) is 1. The highest BCUT2D eigenvalue weighted by molar-refractivity contribution is 7.89. The summed E-state index contributed by atoms with van der Waals surface area (Å²) in [5.74, 6) is -1.26. The number of aliphatic hydroxyl groups is 1. The van der Waals surface area contributed by atoms with E-state index >= 15 is 0 Å². The van der Waals surface area contributed by atoms with Crippen molar-refractivity contribution in [3.8, 4) is 0 Å². The fraction of sp³-hybridized carbons (Fsp3) is 0.278. The van der Waals surface area contributed by atoms with Crippen LogP contribution in [0.15, 0.2) is 53.4 Å². The number of sulfonamides is 1. The number of hydrogen-bond acceptors (Lipinski definition) is 5. The van der Waals surface area contributed by atoms with Crippen molar-refractivity contribution in [3.05, 3.63) is 64.9 Å². The van der Waals surface area contributed by atoms with Gasteiger partial charge >= 0.3 is 5.97 Å². The van der Waals surface area contributed by atoms with Gasteiger partial charge in [-0.2, -0.15) is 4.31 Å². The standard InChI is InChI=1S/C18H17ClFNO5S/c19-13-4-6-16(7-5-13)27(24,25)21-10-15(22)9-17(21)18(23)26-11-12-2-1-3-14(20)8-12/h1-8,15,17,22H,9-11H2/t15-,17-/m1/s1. The molecule has 3 rings (SSSR count). The molecule has 1 fully saturated rings. The summed E-state index contributed by atoms with van der Waals surface area (Å²) >= 11 is 5.79. The number of benzene rings is 2. The number of aliphatic hydroxyl groups excluding tert-OH is 1. The predicted octanol–water partition coefficient (Wildman–Crippen LogP) is 2.35. The van der Waals surface area contributed by atoms with Gasteiger partial charge in [0, 0.05) is 18.0 Å². The normalized spacial score (nSPS) is 20.6. The summed E-state index contributed by atoms with van der Waals surface area (Å²) in [7, 11) is -4.02. The number of esters is 1. The second-order valence-electron chi connectivity index (χ2n) is 6.17. The SMILES string of the molecule is O=C(OCc1cccc(F)c1)[C@H]1C[C@@H](O)CN1S(=O)(=O)c1ccc(Cl)cc1. The van der Waals surface area contributed by atoms with Crippen LogP contribution >= 0.6 is 11.6 Å². The van der Waals surface area contributed by atoms with Crippen LogP contribution in [0.3, 0.4) is 0 Å². The third kappa shape index (κ3) is 4.47. The van der Waals surface area contributed by atoms with Gasteiger partial charge in [0.05, 0.1) is 11.0 Å². The number of carbonyl (C=O) groups excluding carboxylic acids is 1. The van der Waals surface area contributed by atoms with E-state index in [9.17, 15) is 22.7 Å². The highest BCUT2D eigenvalue weighted by atomic mass is 35.5. The molecule has 1 aliphatic rings. The Balaban J connectivity index is 1.77. The molecule has 9 heteroatoms. The second kappa shape index (κ2) is 7.93. The van der Waals surface area contributed by atoms with Gasteiger partial charge in [0.1, 0.15) is 18.5 Å². The number of β-amino-alcohol motifs (C(OH)–C–C–N with tert-alkyl or cyclic N) is 1. The summed E-state index contributed by atoms with van der Waals surface area (Å²) in [6.07, 6.45) is -1.06. The molecule has 0 amide bonds. The molecule has 0 saturated carbocycles. The first kappa shape index (κ1) is 19.8. The molecule has 27 heavy (non-hydrogen) atoms. The van der Waals surface area contributed by atoms with E-state index in [0.717, 1.165) is 4.31 Å². The third-order valence-corrected chi connectivity index (χ3v) is 6.34. The van der Waals surface area contributed by atoms with Crippen molar-refractivity contribution < 1.29 is 27.4 Å². The fourth-order valence-electron chi connectivity index (χ4n) is 2.88. The lowest BCUT2D eigenvalue weighted by molar-refractivity contribution is -0.148. The van der Waals surface area contributed by atoms with Gasteiger partial charge in [-0.3, -0.25) is 4.79 Å². The van der Waals surface area contributed by atoms with E-state index in [4.69, 9.17) is 16.3 Å². The minimum absolute atomic E-state index is 0.0380. The van der Waals surface area contributed by atoms with E-state index in [1.165, 1.54) is 42.5 Å². The highest BCUT2D eigenvalue weighted by Crippen LogP contribution is 2.28. The topological polar surface area (TPSA) is 83.9 Å². The van der Waals surface area contributed by atoms with Gasteiger partial charge in [0.25, 0.3) is 0 Å². The largest absolute Gasteiger partial charge is 0.460 e. The van der Waals surface area contributed by atoms with Crippen LogP contribution in [0.5, 0.6) is 0 Å². The molecule has 0 radical (unpaired) electrons. The summed E-state index contributed by atoms with van der Waals surface area (Å²) in [5.41, 5.74) is 0.439. The highest BCUT2D eigenvalue weighted by Gasteiger charge is 2.44. The zero-order valence-corrected chi connectivity index (χ0v) is 15.7. The average Bonchev–Trinajstić information content (AvgIpc) is 3.03. The van der Waals surface area contributed by atoms with E-state index in [1.807, 2.05) is 0 Å². The molecule has 2 aromatic rings. The number of ether oxygens (including phenoxy) is 1. The maximum Gasteiger partial charge on any atom is 0.324 e. The molecule has 2 atom stereocenters.